The minimum Gasteiger partial charge on any atom is -0.396 e. The number of nitrogens with zero attached hydrogens (tertiary/aromatic N) is 5. The molecule has 148 valence electrons. The molecule has 1 N–H and O–H groups in total. The highest BCUT2D eigenvalue weighted by molar-refractivity contribution is 5.76. The van der Waals surface area contributed by atoms with Crippen LogP contribution in [-0.4, -0.2) is 34.8 Å². The molecule has 0 aliphatic rings. The zero-order chi connectivity index (χ0) is 19.7. The molecule has 0 bridgehead atoms. The lowest BCUT2D eigenvalue weighted by atomic mass is 10.2. The summed E-state index contributed by atoms with van der Waals surface area (Å²) in [6, 6.07) is 0. The van der Waals surface area contributed by atoms with Crippen LogP contribution in [-0.2, 0) is 20.1 Å². The summed E-state index contributed by atoms with van der Waals surface area (Å²) in [5.41, 5.74) is 2.15. The molecular weight excluding hydrogens is 346 g/mol. The van der Waals surface area contributed by atoms with E-state index in [2.05, 4.69) is 16.5 Å². The van der Waals surface area contributed by atoms with Crippen LogP contribution in [0.3, 0.4) is 0 Å². The van der Waals surface area contributed by atoms with Crippen LogP contribution < -0.4 is 11.2 Å². The number of aryl methyl sites for hydroxylation is 3. The number of aliphatic hydroxyl groups excluding tert-OH is 1. The van der Waals surface area contributed by atoms with Crippen molar-refractivity contribution in [1.82, 2.24) is 23.1 Å². The van der Waals surface area contributed by atoms with Crippen molar-refractivity contribution in [2.45, 2.75) is 66.0 Å². The number of hydrogen-bond donors (Lipinski definition) is 1. The van der Waals surface area contributed by atoms with E-state index in [0.717, 1.165) is 30.8 Å². The van der Waals surface area contributed by atoms with Crippen molar-refractivity contribution in [3.63, 3.8) is 0 Å². The maximum atomic E-state index is 13.1. The van der Waals surface area contributed by atoms with Crippen LogP contribution >= 0.6 is 0 Å². The van der Waals surface area contributed by atoms with Crippen LogP contribution in [0.25, 0.3) is 16.9 Å². The largest absolute Gasteiger partial charge is 0.396 e. The molecule has 0 unspecified atom stereocenters. The van der Waals surface area contributed by atoms with Gasteiger partial charge in [0.15, 0.2) is 11.2 Å². The summed E-state index contributed by atoms with van der Waals surface area (Å²) in [4.78, 5) is 30.3. The molecule has 0 fully saturated rings. The van der Waals surface area contributed by atoms with E-state index in [4.69, 9.17) is 5.11 Å². The smallest absolute Gasteiger partial charge is 0.332 e. The fourth-order valence-corrected chi connectivity index (χ4v) is 3.71. The van der Waals surface area contributed by atoms with Crippen molar-refractivity contribution in [2.24, 2.45) is 7.05 Å². The Morgan fingerprint density at radius 1 is 0.963 bits per heavy atom. The van der Waals surface area contributed by atoms with E-state index >= 15 is 0 Å². The summed E-state index contributed by atoms with van der Waals surface area (Å²) in [6.07, 6.45) is 4.96. The Morgan fingerprint density at radius 3 is 2.33 bits per heavy atom. The fourth-order valence-electron chi connectivity index (χ4n) is 3.71. The van der Waals surface area contributed by atoms with Gasteiger partial charge in [-0.2, -0.15) is 4.98 Å². The molecule has 3 rings (SSSR count). The molecule has 3 aromatic rings. The first-order valence-corrected chi connectivity index (χ1v) is 9.72. The van der Waals surface area contributed by atoms with Crippen LogP contribution in [0.4, 0.5) is 0 Å². The Hall–Kier alpha value is -2.35. The Kier molecular flexibility index (Phi) is 5.55. The zero-order valence-corrected chi connectivity index (χ0v) is 16.7. The molecule has 0 atom stereocenters. The van der Waals surface area contributed by atoms with E-state index in [-0.39, 0.29) is 18.7 Å². The van der Waals surface area contributed by atoms with Crippen LogP contribution in [0.5, 0.6) is 0 Å². The lowest BCUT2D eigenvalue weighted by molar-refractivity contribution is 0.277. The molecule has 0 radical (unpaired) electrons. The molecule has 0 amide bonds. The van der Waals surface area contributed by atoms with Gasteiger partial charge in [0, 0.05) is 38.1 Å². The van der Waals surface area contributed by atoms with Crippen molar-refractivity contribution in [3.8, 4) is 0 Å². The first-order chi connectivity index (χ1) is 12.9. The van der Waals surface area contributed by atoms with Gasteiger partial charge < -0.3 is 9.67 Å². The van der Waals surface area contributed by atoms with E-state index in [1.54, 1.807) is 7.05 Å². The second-order valence-electron chi connectivity index (χ2n) is 7.18. The van der Waals surface area contributed by atoms with Crippen molar-refractivity contribution >= 4 is 16.9 Å². The topological polar surface area (TPSA) is 86.5 Å². The maximum Gasteiger partial charge on any atom is 0.332 e. The molecule has 0 spiro atoms. The first-order valence-electron chi connectivity index (χ1n) is 9.72. The molecule has 8 nitrogen and oxygen atoms in total. The third kappa shape index (κ3) is 3.12. The van der Waals surface area contributed by atoms with Gasteiger partial charge in [0.2, 0.25) is 5.78 Å². The Morgan fingerprint density at radius 2 is 1.67 bits per heavy atom. The Labute approximate surface area is 157 Å². The molecule has 3 heterocycles. The molecule has 3 aromatic heterocycles. The van der Waals surface area contributed by atoms with Gasteiger partial charge >= 0.3 is 5.69 Å². The predicted octanol–water partition coefficient (Wildman–Crippen LogP) is 1.73. The van der Waals surface area contributed by atoms with Gasteiger partial charge in [0.05, 0.1) is 0 Å². The summed E-state index contributed by atoms with van der Waals surface area (Å²) in [7, 11) is 1.64. The highest BCUT2D eigenvalue weighted by atomic mass is 16.3. The van der Waals surface area contributed by atoms with Gasteiger partial charge in [-0.25, -0.2) is 4.79 Å². The molecule has 0 saturated carbocycles. The number of hydrogen-bond acceptors (Lipinski definition) is 4. The van der Waals surface area contributed by atoms with Gasteiger partial charge in [-0.1, -0.05) is 26.2 Å². The quantitative estimate of drug-likeness (QED) is 0.608. The highest BCUT2D eigenvalue weighted by Crippen LogP contribution is 2.21. The van der Waals surface area contributed by atoms with Crippen LogP contribution in [0.15, 0.2) is 9.59 Å². The SMILES string of the molecule is CCCCCCn1c(C)c(C)n2c3c(=O)n(CCCO)c(=O)n(C)c3nc12. The molecule has 27 heavy (non-hydrogen) atoms. The second kappa shape index (κ2) is 7.72. The van der Waals surface area contributed by atoms with Crippen LogP contribution in [0, 0.1) is 13.8 Å². The monoisotopic (exact) mass is 375 g/mol. The van der Waals surface area contributed by atoms with Crippen molar-refractivity contribution in [3.05, 3.63) is 32.2 Å². The summed E-state index contributed by atoms with van der Waals surface area (Å²) in [6.45, 7) is 7.19. The number of rotatable bonds is 8. The fraction of sp³-hybridized carbons (Fsp3) is 0.632. The van der Waals surface area contributed by atoms with Gasteiger partial charge in [0.25, 0.3) is 5.56 Å². The van der Waals surface area contributed by atoms with Crippen molar-refractivity contribution in [2.75, 3.05) is 6.61 Å². The average Bonchev–Trinajstić information content (AvgIpc) is 3.15. The van der Waals surface area contributed by atoms with Gasteiger partial charge in [-0.05, 0) is 26.7 Å². The van der Waals surface area contributed by atoms with E-state index in [1.165, 1.54) is 22.0 Å². The summed E-state index contributed by atoms with van der Waals surface area (Å²) in [5.74, 6) is 0.712. The van der Waals surface area contributed by atoms with E-state index in [0.29, 0.717) is 23.4 Å². The van der Waals surface area contributed by atoms with Crippen molar-refractivity contribution < 1.29 is 5.11 Å². The minimum atomic E-state index is -0.398. The Bertz CT molecular complexity index is 1080. The van der Waals surface area contributed by atoms with Crippen LogP contribution in [0.2, 0.25) is 0 Å². The van der Waals surface area contributed by atoms with Crippen molar-refractivity contribution in [1.29, 1.82) is 0 Å². The zero-order valence-electron chi connectivity index (χ0n) is 16.7. The third-order valence-corrected chi connectivity index (χ3v) is 5.41. The maximum absolute atomic E-state index is 13.1. The predicted molar refractivity (Wildman–Crippen MR) is 106 cm³/mol. The Balaban J connectivity index is 2.23. The van der Waals surface area contributed by atoms with E-state index in [1.807, 2.05) is 18.2 Å². The molecule has 8 heteroatoms. The standard InChI is InChI=1S/C19H29N5O3/c1-5-6-7-8-10-22-13(2)14(3)24-15-16(20-18(22)24)21(4)19(27)23(17(15)26)11-9-12-25/h25H,5-12H2,1-4H3. The molecule has 0 aliphatic heterocycles. The number of aromatic nitrogens is 5. The lowest BCUT2D eigenvalue weighted by Crippen LogP contribution is -2.39. The number of imidazole rings is 2. The molecular formula is C19H29N5O3. The highest BCUT2D eigenvalue weighted by Gasteiger charge is 2.22. The van der Waals surface area contributed by atoms with Gasteiger partial charge in [0.1, 0.15) is 0 Å². The number of unbranched alkanes of at least 4 members (excludes halogenated alkanes) is 3. The molecule has 0 aromatic carbocycles. The van der Waals surface area contributed by atoms with E-state index in [9.17, 15) is 9.59 Å². The molecule has 0 aliphatic carbocycles. The normalized spacial score (nSPS) is 11.9. The van der Waals surface area contributed by atoms with Gasteiger partial charge in [-0.3, -0.25) is 18.3 Å². The minimum absolute atomic E-state index is 0.0677. The number of aliphatic hydroxyl groups is 1. The lowest BCUT2D eigenvalue weighted by Gasteiger charge is -2.08. The van der Waals surface area contributed by atoms with Crippen LogP contribution in [0.1, 0.15) is 50.4 Å². The summed E-state index contributed by atoms with van der Waals surface area (Å²) in [5, 5.41) is 9.08. The van der Waals surface area contributed by atoms with Gasteiger partial charge in [-0.15, -0.1) is 0 Å². The number of fused-ring (bicyclic) bond motifs is 3. The second-order valence-corrected chi connectivity index (χ2v) is 7.18. The summed E-state index contributed by atoms with van der Waals surface area (Å²) < 4.78 is 6.64. The third-order valence-electron chi connectivity index (χ3n) is 5.41. The average molecular weight is 375 g/mol. The van der Waals surface area contributed by atoms with E-state index < -0.39 is 5.69 Å². The summed E-state index contributed by atoms with van der Waals surface area (Å²) >= 11 is 0. The molecule has 0 saturated heterocycles. The first kappa shape index (κ1) is 19.4.